The number of nitrogens with zero attached hydrogens (tertiary/aromatic N) is 2. The molecule has 0 aliphatic rings. The molecule has 55 heavy (non-hydrogen) atoms. The van der Waals surface area contributed by atoms with E-state index in [-0.39, 0.29) is 0 Å². The van der Waals surface area contributed by atoms with Gasteiger partial charge >= 0.3 is 0 Å². The molecule has 0 spiro atoms. The van der Waals surface area contributed by atoms with Crippen LogP contribution in [0.25, 0.3) is 38.3 Å². The minimum atomic E-state index is -2.80. The minimum Gasteiger partial charge on any atom is -0.309 e. The van der Waals surface area contributed by atoms with E-state index < -0.39 is 8.07 Å². The lowest BCUT2D eigenvalue weighted by molar-refractivity contribution is 1.18. The summed E-state index contributed by atoms with van der Waals surface area (Å²) in [6.07, 6.45) is 0. The van der Waals surface area contributed by atoms with Crippen molar-refractivity contribution in [1.82, 2.24) is 4.57 Å². The Hall–Kier alpha value is -6.94. The molecule has 0 atom stereocenters. The zero-order valence-corrected chi connectivity index (χ0v) is 31.3. The van der Waals surface area contributed by atoms with Crippen LogP contribution in [0, 0.1) is 0 Å². The minimum absolute atomic E-state index is 1.12. The van der Waals surface area contributed by atoms with E-state index in [2.05, 4.69) is 240 Å². The van der Waals surface area contributed by atoms with Gasteiger partial charge in [-0.1, -0.05) is 182 Å². The molecule has 0 fully saturated rings. The SMILES string of the molecule is c1ccc(-n2c3ccccc3c3c(N(c4cccc([Si](c5ccccc5)(c5ccccc5)c5ccccc5)c4)c4cccc5ccccc45)cccc32)cc1. The third-order valence-electron chi connectivity index (χ3n) is 11.1. The first-order valence-electron chi connectivity index (χ1n) is 18.9. The third kappa shape index (κ3) is 5.40. The fourth-order valence-electron chi connectivity index (χ4n) is 8.80. The Morgan fingerprint density at radius 1 is 0.345 bits per heavy atom. The van der Waals surface area contributed by atoms with Crippen molar-refractivity contribution >= 4 is 78.5 Å². The van der Waals surface area contributed by atoms with Gasteiger partial charge in [0.1, 0.15) is 0 Å². The van der Waals surface area contributed by atoms with Gasteiger partial charge in [0.15, 0.2) is 8.07 Å². The number of fused-ring (bicyclic) bond motifs is 4. The van der Waals surface area contributed by atoms with Crippen molar-refractivity contribution in [2.75, 3.05) is 4.90 Å². The van der Waals surface area contributed by atoms with Gasteiger partial charge in [-0.2, -0.15) is 0 Å². The van der Waals surface area contributed by atoms with Crippen LogP contribution in [0.5, 0.6) is 0 Å². The molecule has 0 saturated heterocycles. The van der Waals surface area contributed by atoms with Gasteiger partial charge in [-0.3, -0.25) is 0 Å². The summed E-state index contributed by atoms with van der Waals surface area (Å²) in [7, 11) is -2.80. The van der Waals surface area contributed by atoms with Crippen LogP contribution in [0.4, 0.5) is 17.1 Å². The lowest BCUT2D eigenvalue weighted by Crippen LogP contribution is -2.74. The van der Waals surface area contributed by atoms with Crippen LogP contribution in [0.1, 0.15) is 0 Å². The van der Waals surface area contributed by atoms with Gasteiger partial charge in [-0.25, -0.2) is 0 Å². The highest BCUT2D eigenvalue weighted by atomic mass is 28.3. The Bertz CT molecular complexity index is 2820. The summed E-state index contributed by atoms with van der Waals surface area (Å²) in [5, 5.41) is 10.3. The largest absolute Gasteiger partial charge is 0.309 e. The number of hydrogen-bond acceptors (Lipinski definition) is 1. The summed E-state index contributed by atoms with van der Waals surface area (Å²) < 4.78 is 2.41. The first kappa shape index (κ1) is 32.7. The van der Waals surface area contributed by atoms with Crippen LogP contribution < -0.4 is 25.6 Å². The van der Waals surface area contributed by atoms with Gasteiger partial charge in [0.25, 0.3) is 0 Å². The van der Waals surface area contributed by atoms with E-state index in [1.807, 2.05) is 0 Å². The standard InChI is InChI=1S/C52H38N2Si/c1-5-22-40(23-6-1)53-49-34-16-15-33-47(49)52-50(53)36-19-37-51(52)54(48-35-17-21-39-20-13-14-32-46(39)48)41-24-18-31-45(38-41)55(42-25-7-2-8-26-42,43-27-9-3-10-28-43)44-29-11-4-12-30-44/h1-38H. The second-order valence-corrected chi connectivity index (χ2v) is 17.9. The fraction of sp³-hybridized carbons (Fsp3) is 0. The Kier molecular flexibility index (Phi) is 8.20. The van der Waals surface area contributed by atoms with Crippen LogP contribution in [0.3, 0.4) is 0 Å². The summed E-state index contributed by atoms with van der Waals surface area (Å²) >= 11 is 0. The van der Waals surface area contributed by atoms with Gasteiger partial charge in [0.05, 0.1) is 22.4 Å². The number of aromatic nitrogens is 1. The van der Waals surface area contributed by atoms with Crippen molar-refractivity contribution < 1.29 is 0 Å². The van der Waals surface area contributed by atoms with E-state index in [1.54, 1.807) is 0 Å². The molecule has 0 radical (unpaired) electrons. The number of rotatable bonds is 8. The summed E-state index contributed by atoms with van der Waals surface area (Å²) in [5.41, 5.74) is 6.92. The molecule has 0 amide bonds. The summed E-state index contributed by atoms with van der Waals surface area (Å²) in [6, 6.07) is 84.7. The van der Waals surface area contributed by atoms with E-state index in [1.165, 1.54) is 53.3 Å². The molecule has 0 N–H and O–H groups in total. The molecule has 10 rings (SSSR count). The molecule has 10 aromatic rings. The van der Waals surface area contributed by atoms with E-state index in [0.29, 0.717) is 0 Å². The van der Waals surface area contributed by atoms with E-state index >= 15 is 0 Å². The predicted molar refractivity (Wildman–Crippen MR) is 237 cm³/mol. The first-order chi connectivity index (χ1) is 27.3. The average molecular weight is 719 g/mol. The van der Waals surface area contributed by atoms with Crippen molar-refractivity contribution in [2.24, 2.45) is 0 Å². The van der Waals surface area contributed by atoms with Gasteiger partial charge in [0, 0.05) is 27.5 Å². The molecule has 1 heterocycles. The fourth-order valence-corrected chi connectivity index (χ4v) is 13.6. The first-order valence-corrected chi connectivity index (χ1v) is 20.9. The van der Waals surface area contributed by atoms with Gasteiger partial charge in [-0.15, -0.1) is 0 Å². The van der Waals surface area contributed by atoms with Crippen LogP contribution in [-0.4, -0.2) is 12.6 Å². The highest BCUT2D eigenvalue weighted by Crippen LogP contribution is 2.45. The summed E-state index contributed by atoms with van der Waals surface area (Å²) in [4.78, 5) is 2.51. The highest BCUT2D eigenvalue weighted by molar-refractivity contribution is 7.19. The second-order valence-electron chi connectivity index (χ2n) is 14.1. The third-order valence-corrected chi connectivity index (χ3v) is 15.9. The maximum absolute atomic E-state index is 2.80. The molecule has 0 unspecified atom stereocenters. The molecule has 0 saturated carbocycles. The van der Waals surface area contributed by atoms with Crippen molar-refractivity contribution in [3.05, 3.63) is 231 Å². The molecule has 0 bridgehead atoms. The summed E-state index contributed by atoms with van der Waals surface area (Å²) in [5.74, 6) is 0. The van der Waals surface area contributed by atoms with Crippen LogP contribution in [0.2, 0.25) is 0 Å². The van der Waals surface area contributed by atoms with Crippen molar-refractivity contribution in [1.29, 1.82) is 0 Å². The van der Waals surface area contributed by atoms with Gasteiger partial charge < -0.3 is 9.47 Å². The number of hydrogen-bond donors (Lipinski definition) is 0. The highest BCUT2D eigenvalue weighted by Gasteiger charge is 2.41. The monoisotopic (exact) mass is 718 g/mol. The lowest BCUT2D eigenvalue weighted by Gasteiger charge is -2.35. The quantitative estimate of drug-likeness (QED) is 0.112. The van der Waals surface area contributed by atoms with Crippen LogP contribution >= 0.6 is 0 Å². The zero-order valence-electron chi connectivity index (χ0n) is 30.3. The number of anilines is 3. The van der Waals surface area contributed by atoms with Crippen molar-refractivity contribution in [3.63, 3.8) is 0 Å². The molecular weight excluding hydrogens is 681 g/mol. The number of para-hydroxylation sites is 2. The van der Waals surface area contributed by atoms with E-state index in [0.717, 1.165) is 22.7 Å². The molecule has 3 heteroatoms. The number of benzene rings is 9. The predicted octanol–water partition coefficient (Wildman–Crippen LogP) is 10.8. The molecule has 1 aromatic heterocycles. The van der Waals surface area contributed by atoms with Crippen molar-refractivity contribution in [3.8, 4) is 5.69 Å². The molecule has 9 aromatic carbocycles. The molecular formula is C52H38N2Si. The Labute approximate surface area is 322 Å². The van der Waals surface area contributed by atoms with E-state index in [4.69, 9.17) is 0 Å². The molecule has 260 valence electrons. The Morgan fingerprint density at radius 3 is 1.49 bits per heavy atom. The smallest absolute Gasteiger partial charge is 0.179 e. The van der Waals surface area contributed by atoms with Gasteiger partial charge in [0.2, 0.25) is 0 Å². The summed E-state index contributed by atoms with van der Waals surface area (Å²) in [6.45, 7) is 0. The van der Waals surface area contributed by atoms with Crippen LogP contribution in [-0.2, 0) is 0 Å². The molecule has 0 aliphatic carbocycles. The average Bonchev–Trinajstić information content (AvgIpc) is 3.61. The van der Waals surface area contributed by atoms with Gasteiger partial charge in [-0.05, 0) is 74.7 Å². The topological polar surface area (TPSA) is 8.17 Å². The second kappa shape index (κ2) is 13.8. The maximum Gasteiger partial charge on any atom is 0.179 e. The normalized spacial score (nSPS) is 11.6. The molecule has 2 nitrogen and oxygen atoms in total. The Balaban J connectivity index is 1.31. The lowest BCUT2D eigenvalue weighted by atomic mass is 10.0. The maximum atomic E-state index is 2.51. The van der Waals surface area contributed by atoms with E-state index in [9.17, 15) is 0 Å². The Morgan fingerprint density at radius 2 is 0.818 bits per heavy atom. The molecule has 0 aliphatic heterocycles. The zero-order chi connectivity index (χ0) is 36.6. The van der Waals surface area contributed by atoms with Crippen molar-refractivity contribution in [2.45, 2.75) is 0 Å². The van der Waals surface area contributed by atoms with Crippen LogP contribution in [0.15, 0.2) is 231 Å².